The number of halogens is 1. The number of hydrogen-bond acceptors (Lipinski definition) is 4. The fourth-order valence-electron chi connectivity index (χ4n) is 1.86. The molecule has 1 N–H and O–H groups in total. The van der Waals surface area contributed by atoms with Crippen molar-refractivity contribution in [3.63, 3.8) is 0 Å². The molecule has 0 spiro atoms. The van der Waals surface area contributed by atoms with Gasteiger partial charge in [0.15, 0.2) is 0 Å². The van der Waals surface area contributed by atoms with Crippen LogP contribution < -0.4 is 14.2 Å². The Bertz CT molecular complexity index is 790. The van der Waals surface area contributed by atoms with Crippen molar-refractivity contribution in [1.82, 2.24) is 0 Å². The van der Waals surface area contributed by atoms with Gasteiger partial charge in [0, 0.05) is 11.1 Å². The lowest BCUT2D eigenvalue weighted by Gasteiger charge is -2.13. The topological polar surface area (TPSA) is 64.6 Å². The first-order valence-electron chi connectivity index (χ1n) is 6.38. The van der Waals surface area contributed by atoms with E-state index in [-0.39, 0.29) is 10.6 Å². The summed E-state index contributed by atoms with van der Waals surface area (Å²) in [5, 5.41) is 0.488. The second-order valence-corrected chi connectivity index (χ2v) is 6.64. The van der Waals surface area contributed by atoms with Crippen molar-refractivity contribution in [2.75, 3.05) is 18.9 Å². The van der Waals surface area contributed by atoms with Crippen molar-refractivity contribution < 1.29 is 17.9 Å². The number of hydrogen-bond donors (Lipinski definition) is 1. The van der Waals surface area contributed by atoms with Crippen LogP contribution in [-0.4, -0.2) is 22.6 Å². The largest absolute Gasteiger partial charge is 0.497 e. The maximum absolute atomic E-state index is 12.5. The average Bonchev–Trinajstić information content (AvgIpc) is 2.50. The van der Waals surface area contributed by atoms with Crippen LogP contribution in [-0.2, 0) is 10.0 Å². The van der Waals surface area contributed by atoms with Crippen molar-refractivity contribution in [3.05, 3.63) is 47.0 Å². The summed E-state index contributed by atoms with van der Waals surface area (Å²) >= 11 is 6.01. The number of ether oxygens (including phenoxy) is 2. The molecule has 0 unspecified atom stereocenters. The fourth-order valence-corrected chi connectivity index (χ4v) is 3.25. The van der Waals surface area contributed by atoms with E-state index in [1.807, 2.05) is 6.92 Å². The van der Waals surface area contributed by atoms with Crippen molar-refractivity contribution in [3.8, 4) is 11.5 Å². The first-order chi connectivity index (χ1) is 10.4. The van der Waals surface area contributed by atoms with Gasteiger partial charge in [0.1, 0.15) is 16.4 Å². The van der Waals surface area contributed by atoms with E-state index in [0.717, 1.165) is 5.56 Å². The molecule has 0 aliphatic rings. The lowest BCUT2D eigenvalue weighted by molar-refractivity contribution is 0.386. The molecule has 0 aliphatic heterocycles. The zero-order valence-corrected chi connectivity index (χ0v) is 14.0. The molecule has 0 atom stereocenters. The van der Waals surface area contributed by atoms with Crippen molar-refractivity contribution in [2.45, 2.75) is 11.8 Å². The van der Waals surface area contributed by atoms with E-state index in [1.54, 1.807) is 24.3 Å². The summed E-state index contributed by atoms with van der Waals surface area (Å²) < 4.78 is 37.7. The predicted octanol–water partition coefficient (Wildman–Crippen LogP) is 3.47. The van der Waals surface area contributed by atoms with Crippen LogP contribution in [0.15, 0.2) is 41.3 Å². The molecule has 0 aliphatic carbocycles. The van der Waals surface area contributed by atoms with Crippen molar-refractivity contribution >= 4 is 27.3 Å². The van der Waals surface area contributed by atoms with Crippen molar-refractivity contribution in [1.29, 1.82) is 0 Å². The zero-order valence-electron chi connectivity index (χ0n) is 12.4. The smallest absolute Gasteiger partial charge is 0.265 e. The molecule has 22 heavy (non-hydrogen) atoms. The summed E-state index contributed by atoms with van der Waals surface area (Å²) in [6, 6.07) is 9.44. The second kappa shape index (κ2) is 6.46. The minimum absolute atomic E-state index is 0.0208. The Morgan fingerprint density at radius 2 is 1.77 bits per heavy atom. The van der Waals surface area contributed by atoms with Crippen LogP contribution in [0.2, 0.25) is 5.02 Å². The van der Waals surface area contributed by atoms with E-state index >= 15 is 0 Å². The molecule has 0 bridgehead atoms. The van der Waals surface area contributed by atoms with Gasteiger partial charge < -0.3 is 9.47 Å². The van der Waals surface area contributed by atoms with Gasteiger partial charge in [0.2, 0.25) is 0 Å². The number of nitrogens with one attached hydrogen (secondary N) is 1. The number of benzene rings is 2. The van der Waals surface area contributed by atoms with Gasteiger partial charge >= 0.3 is 0 Å². The molecule has 0 saturated heterocycles. The van der Waals surface area contributed by atoms with Gasteiger partial charge in [0.05, 0.1) is 19.9 Å². The molecular formula is C15H16ClNO4S. The third-order valence-corrected chi connectivity index (χ3v) is 4.91. The number of methoxy groups -OCH3 is 2. The van der Waals surface area contributed by atoms with Gasteiger partial charge in [-0.05, 0) is 36.8 Å². The molecule has 2 rings (SSSR count). The summed E-state index contributed by atoms with van der Waals surface area (Å²) in [6.45, 7) is 1.84. The third-order valence-electron chi connectivity index (χ3n) is 3.08. The summed E-state index contributed by atoms with van der Waals surface area (Å²) in [4.78, 5) is 0.0208. The lowest BCUT2D eigenvalue weighted by Crippen LogP contribution is -2.14. The summed E-state index contributed by atoms with van der Waals surface area (Å²) in [7, 11) is -0.905. The van der Waals surface area contributed by atoms with E-state index in [2.05, 4.69) is 4.72 Å². The Morgan fingerprint density at radius 1 is 1.05 bits per heavy atom. The lowest BCUT2D eigenvalue weighted by atomic mass is 10.2. The summed E-state index contributed by atoms with van der Waals surface area (Å²) in [5.74, 6) is 0.708. The quantitative estimate of drug-likeness (QED) is 0.904. The predicted molar refractivity (Wildman–Crippen MR) is 86.5 cm³/mol. The Labute approximate surface area is 134 Å². The molecule has 118 valence electrons. The summed E-state index contributed by atoms with van der Waals surface area (Å²) in [5.41, 5.74) is 1.25. The molecule has 0 heterocycles. The Kier molecular flexibility index (Phi) is 4.83. The van der Waals surface area contributed by atoms with E-state index in [1.165, 1.54) is 26.4 Å². The third kappa shape index (κ3) is 3.45. The average molecular weight is 342 g/mol. The van der Waals surface area contributed by atoms with Crippen LogP contribution in [0.1, 0.15) is 5.56 Å². The molecule has 0 saturated carbocycles. The van der Waals surface area contributed by atoms with Crippen LogP contribution in [0.25, 0.3) is 0 Å². The van der Waals surface area contributed by atoms with Crippen LogP contribution >= 0.6 is 11.6 Å². The van der Waals surface area contributed by atoms with Gasteiger partial charge in [-0.1, -0.05) is 17.7 Å². The molecule has 0 aromatic heterocycles. The maximum atomic E-state index is 12.5. The van der Waals surface area contributed by atoms with Crippen LogP contribution in [0.3, 0.4) is 0 Å². The first kappa shape index (κ1) is 16.5. The number of anilines is 1. The molecule has 0 fully saturated rings. The van der Waals surface area contributed by atoms with Gasteiger partial charge in [0.25, 0.3) is 10.0 Å². The number of rotatable bonds is 5. The second-order valence-electron chi connectivity index (χ2n) is 4.59. The van der Waals surface area contributed by atoms with E-state index in [9.17, 15) is 8.42 Å². The highest BCUT2D eigenvalue weighted by molar-refractivity contribution is 7.92. The highest BCUT2D eigenvalue weighted by Gasteiger charge is 2.20. The molecule has 2 aromatic rings. The van der Waals surface area contributed by atoms with Crippen LogP contribution in [0, 0.1) is 6.92 Å². The zero-order chi connectivity index (χ0) is 16.3. The number of aryl methyl sites for hydroxylation is 1. The minimum atomic E-state index is -3.80. The SMILES string of the molecule is COc1ccc(S(=O)(=O)Nc2ccc(C)c(Cl)c2)c(OC)c1. The van der Waals surface area contributed by atoms with Gasteiger partial charge in [-0.15, -0.1) is 0 Å². The van der Waals surface area contributed by atoms with E-state index < -0.39 is 10.0 Å². The van der Waals surface area contributed by atoms with Gasteiger partial charge in [-0.25, -0.2) is 8.42 Å². The normalized spacial score (nSPS) is 11.1. The molecule has 0 radical (unpaired) electrons. The number of sulfonamides is 1. The Balaban J connectivity index is 2.39. The van der Waals surface area contributed by atoms with Crippen LogP contribution in [0.5, 0.6) is 11.5 Å². The Morgan fingerprint density at radius 3 is 2.36 bits per heavy atom. The molecule has 0 amide bonds. The van der Waals surface area contributed by atoms with Crippen LogP contribution in [0.4, 0.5) is 5.69 Å². The van der Waals surface area contributed by atoms with Gasteiger partial charge in [-0.2, -0.15) is 0 Å². The highest BCUT2D eigenvalue weighted by atomic mass is 35.5. The van der Waals surface area contributed by atoms with Gasteiger partial charge in [-0.3, -0.25) is 4.72 Å². The van der Waals surface area contributed by atoms with E-state index in [0.29, 0.717) is 16.5 Å². The maximum Gasteiger partial charge on any atom is 0.265 e. The highest BCUT2D eigenvalue weighted by Crippen LogP contribution is 2.30. The Hall–Kier alpha value is -1.92. The van der Waals surface area contributed by atoms with E-state index in [4.69, 9.17) is 21.1 Å². The molecule has 7 heteroatoms. The molecule has 5 nitrogen and oxygen atoms in total. The first-order valence-corrected chi connectivity index (χ1v) is 8.24. The summed E-state index contributed by atoms with van der Waals surface area (Å²) in [6.07, 6.45) is 0. The fraction of sp³-hybridized carbons (Fsp3) is 0.200. The standard InChI is InChI=1S/C15H16ClNO4S/c1-10-4-5-11(8-13(10)16)17-22(18,19)15-7-6-12(20-2)9-14(15)21-3/h4-9,17H,1-3H3. The molecular weight excluding hydrogens is 326 g/mol. The minimum Gasteiger partial charge on any atom is -0.497 e. The monoisotopic (exact) mass is 341 g/mol. The molecule has 2 aromatic carbocycles. The van der Waals surface area contributed by atoms with Crippen molar-refractivity contribution in [2.24, 2.45) is 0 Å².